The smallest absolute Gasteiger partial charge is 0.230 e. The van der Waals surface area contributed by atoms with Gasteiger partial charge in [-0.3, -0.25) is 9.69 Å². The van der Waals surface area contributed by atoms with Gasteiger partial charge in [0.15, 0.2) is 5.84 Å². The van der Waals surface area contributed by atoms with E-state index < -0.39 is 5.92 Å². The van der Waals surface area contributed by atoms with E-state index >= 15 is 0 Å². The summed E-state index contributed by atoms with van der Waals surface area (Å²) in [4.78, 5) is 14.3. The minimum absolute atomic E-state index is 0.0115. The van der Waals surface area contributed by atoms with E-state index in [-0.39, 0.29) is 11.7 Å². The second-order valence-corrected chi connectivity index (χ2v) is 5.36. The molecule has 2 unspecified atom stereocenters. The summed E-state index contributed by atoms with van der Waals surface area (Å²) in [7, 11) is 2.08. The number of nitrogens with two attached hydrogens (primary N) is 1. The monoisotopic (exact) mass is 270 g/mol. The Morgan fingerprint density at radius 2 is 2.21 bits per heavy atom. The summed E-state index contributed by atoms with van der Waals surface area (Å²) >= 11 is 0. The van der Waals surface area contributed by atoms with E-state index in [2.05, 4.69) is 29.3 Å². The van der Waals surface area contributed by atoms with Crippen LogP contribution in [0, 0.1) is 5.92 Å². The number of nitrogens with one attached hydrogen (secondary N) is 1. The molecule has 110 valence electrons. The molecule has 6 heteroatoms. The lowest BCUT2D eigenvalue weighted by atomic mass is 10.0. The van der Waals surface area contributed by atoms with E-state index in [4.69, 9.17) is 10.9 Å². The van der Waals surface area contributed by atoms with E-state index in [0.717, 1.165) is 6.42 Å². The molecule has 1 rings (SSSR count). The molecule has 0 aromatic carbocycles. The molecule has 19 heavy (non-hydrogen) atoms. The highest BCUT2D eigenvalue weighted by Crippen LogP contribution is 2.26. The third-order valence-electron chi connectivity index (χ3n) is 3.76. The first-order chi connectivity index (χ1) is 9.01. The van der Waals surface area contributed by atoms with Crippen molar-refractivity contribution >= 4 is 11.7 Å². The maximum absolute atomic E-state index is 12.0. The molecule has 0 saturated heterocycles. The number of carbonyl (C=O) groups excluding carboxylic acids is 1. The summed E-state index contributed by atoms with van der Waals surface area (Å²) in [5.41, 5.74) is 5.56. The largest absolute Gasteiger partial charge is 0.409 e. The topological polar surface area (TPSA) is 91.0 Å². The van der Waals surface area contributed by atoms with Gasteiger partial charge >= 0.3 is 0 Å². The van der Waals surface area contributed by atoms with Gasteiger partial charge in [-0.1, -0.05) is 18.5 Å². The summed E-state index contributed by atoms with van der Waals surface area (Å²) in [6.45, 7) is 4.65. The molecule has 0 aromatic rings. The Kier molecular flexibility index (Phi) is 6.08. The van der Waals surface area contributed by atoms with Crippen LogP contribution in [0.3, 0.4) is 0 Å². The first-order valence-corrected chi connectivity index (χ1v) is 6.98. The van der Waals surface area contributed by atoms with Crippen molar-refractivity contribution in [2.24, 2.45) is 16.8 Å². The summed E-state index contributed by atoms with van der Waals surface area (Å²) in [5.74, 6) is -0.704. The highest BCUT2D eigenvalue weighted by molar-refractivity contribution is 6.02. The van der Waals surface area contributed by atoms with Crippen LogP contribution in [-0.2, 0) is 4.79 Å². The Labute approximate surface area is 115 Å². The van der Waals surface area contributed by atoms with Crippen LogP contribution in [0.25, 0.3) is 0 Å². The molecule has 1 aliphatic carbocycles. The van der Waals surface area contributed by atoms with Gasteiger partial charge in [-0.15, -0.1) is 0 Å². The van der Waals surface area contributed by atoms with Crippen LogP contribution in [0.1, 0.15) is 39.5 Å². The van der Waals surface area contributed by atoms with Crippen LogP contribution in [0.15, 0.2) is 5.16 Å². The predicted molar refractivity (Wildman–Crippen MR) is 75.1 cm³/mol. The molecule has 0 heterocycles. The zero-order valence-electron chi connectivity index (χ0n) is 12.1. The van der Waals surface area contributed by atoms with Crippen LogP contribution in [-0.4, -0.2) is 47.5 Å². The molecular formula is C13H26N4O2. The van der Waals surface area contributed by atoms with Gasteiger partial charge in [-0.05, 0) is 33.2 Å². The molecular weight excluding hydrogens is 244 g/mol. The van der Waals surface area contributed by atoms with Gasteiger partial charge in [0.1, 0.15) is 0 Å². The number of nitrogens with zero attached hydrogens (tertiary/aromatic N) is 2. The average Bonchev–Trinajstić information content (AvgIpc) is 3.24. The molecule has 0 radical (unpaired) electrons. The summed E-state index contributed by atoms with van der Waals surface area (Å²) in [5, 5.41) is 14.5. The van der Waals surface area contributed by atoms with Gasteiger partial charge in [0, 0.05) is 18.6 Å². The van der Waals surface area contributed by atoms with Gasteiger partial charge < -0.3 is 16.3 Å². The number of amidine groups is 1. The number of hydrogen-bond donors (Lipinski definition) is 3. The summed E-state index contributed by atoms with van der Waals surface area (Å²) in [6, 6.07) is 0.966. The number of likely N-dealkylation sites (N-methyl/N-ethyl adjacent to an activating group) is 1. The standard InChI is InChI=1S/C13H26N4O2/c1-4-5-11(12(14)16-19)13(18)15-8-9(2)17(3)10-6-7-10/h9-11,19H,4-8H2,1-3H3,(H2,14,16)(H,15,18). The minimum atomic E-state index is -0.534. The van der Waals surface area contributed by atoms with Gasteiger partial charge in [0.25, 0.3) is 0 Å². The molecule has 6 nitrogen and oxygen atoms in total. The normalized spacial score (nSPS) is 19.3. The van der Waals surface area contributed by atoms with Crippen molar-refractivity contribution in [2.75, 3.05) is 13.6 Å². The lowest BCUT2D eigenvalue weighted by Crippen LogP contribution is -2.45. The van der Waals surface area contributed by atoms with Gasteiger partial charge in [-0.2, -0.15) is 0 Å². The molecule has 0 aromatic heterocycles. The number of rotatable bonds is 8. The van der Waals surface area contributed by atoms with Crippen molar-refractivity contribution in [2.45, 2.75) is 51.6 Å². The maximum Gasteiger partial charge on any atom is 0.230 e. The Bertz CT molecular complexity index is 329. The molecule has 0 bridgehead atoms. The Hall–Kier alpha value is -1.30. The van der Waals surface area contributed by atoms with Crippen molar-refractivity contribution in [1.29, 1.82) is 0 Å². The Morgan fingerprint density at radius 3 is 2.68 bits per heavy atom. The average molecular weight is 270 g/mol. The number of oxime groups is 1. The number of carbonyl (C=O) groups is 1. The molecule has 0 spiro atoms. The number of hydrogen-bond acceptors (Lipinski definition) is 4. The van der Waals surface area contributed by atoms with E-state index in [1.165, 1.54) is 12.8 Å². The van der Waals surface area contributed by atoms with E-state index in [1.54, 1.807) is 0 Å². The summed E-state index contributed by atoms with van der Waals surface area (Å²) in [6.07, 6.45) is 3.90. The number of amides is 1. The third-order valence-corrected chi connectivity index (χ3v) is 3.76. The predicted octanol–water partition coefficient (Wildman–Crippen LogP) is 0.748. The van der Waals surface area contributed by atoms with Crippen molar-refractivity contribution in [3.8, 4) is 0 Å². The molecule has 1 saturated carbocycles. The zero-order valence-corrected chi connectivity index (χ0v) is 12.1. The SMILES string of the molecule is CCCC(C(=O)NCC(C)N(C)C1CC1)C(N)=NO. The molecule has 2 atom stereocenters. The zero-order chi connectivity index (χ0) is 14.4. The fourth-order valence-corrected chi connectivity index (χ4v) is 2.13. The maximum atomic E-state index is 12.0. The van der Waals surface area contributed by atoms with Crippen molar-refractivity contribution in [3.05, 3.63) is 0 Å². The fourth-order valence-electron chi connectivity index (χ4n) is 2.13. The van der Waals surface area contributed by atoms with E-state index in [0.29, 0.717) is 25.0 Å². The third kappa shape index (κ3) is 4.70. The Morgan fingerprint density at radius 1 is 1.58 bits per heavy atom. The quantitative estimate of drug-likeness (QED) is 0.263. The fraction of sp³-hybridized carbons (Fsp3) is 0.846. The molecule has 1 fully saturated rings. The Balaban J connectivity index is 2.42. The van der Waals surface area contributed by atoms with Crippen LogP contribution < -0.4 is 11.1 Å². The second kappa shape index (κ2) is 7.33. The van der Waals surface area contributed by atoms with Crippen LogP contribution in [0.4, 0.5) is 0 Å². The van der Waals surface area contributed by atoms with Gasteiger partial charge in [0.05, 0.1) is 5.92 Å². The van der Waals surface area contributed by atoms with E-state index in [1.807, 2.05) is 6.92 Å². The molecule has 0 aliphatic heterocycles. The van der Waals surface area contributed by atoms with Gasteiger partial charge in [0.2, 0.25) is 5.91 Å². The summed E-state index contributed by atoms with van der Waals surface area (Å²) < 4.78 is 0. The first kappa shape index (κ1) is 15.8. The highest BCUT2D eigenvalue weighted by atomic mass is 16.4. The lowest BCUT2D eigenvalue weighted by molar-refractivity contribution is -0.123. The van der Waals surface area contributed by atoms with E-state index in [9.17, 15) is 4.79 Å². The lowest BCUT2D eigenvalue weighted by Gasteiger charge is -2.25. The molecule has 4 N–H and O–H groups in total. The van der Waals surface area contributed by atoms with Gasteiger partial charge in [-0.25, -0.2) is 0 Å². The van der Waals surface area contributed by atoms with Crippen molar-refractivity contribution in [1.82, 2.24) is 10.2 Å². The second-order valence-electron chi connectivity index (χ2n) is 5.36. The van der Waals surface area contributed by atoms with Crippen LogP contribution in [0.2, 0.25) is 0 Å². The molecule has 1 aliphatic rings. The minimum Gasteiger partial charge on any atom is -0.409 e. The van der Waals surface area contributed by atoms with Crippen LogP contribution >= 0.6 is 0 Å². The van der Waals surface area contributed by atoms with Crippen molar-refractivity contribution in [3.63, 3.8) is 0 Å². The molecule has 1 amide bonds. The first-order valence-electron chi connectivity index (χ1n) is 6.98. The van der Waals surface area contributed by atoms with Crippen molar-refractivity contribution < 1.29 is 10.0 Å². The van der Waals surface area contributed by atoms with Crippen LogP contribution in [0.5, 0.6) is 0 Å². The highest BCUT2D eigenvalue weighted by Gasteiger charge is 2.29.